The molecule has 0 aliphatic heterocycles. The zero-order valence-corrected chi connectivity index (χ0v) is 20.3. The molecule has 3 aromatic carbocycles. The van der Waals surface area contributed by atoms with Gasteiger partial charge in [-0.1, -0.05) is 48.0 Å². The number of rotatable bonds is 8. The van der Waals surface area contributed by atoms with Gasteiger partial charge in [0, 0.05) is 16.3 Å². The van der Waals surface area contributed by atoms with Crippen LogP contribution < -0.4 is 9.62 Å². The summed E-state index contributed by atoms with van der Waals surface area (Å²) in [5, 5.41) is 2.89. The Balaban J connectivity index is 1.72. The molecule has 0 fully saturated rings. The van der Waals surface area contributed by atoms with Gasteiger partial charge in [0.1, 0.15) is 6.04 Å². The van der Waals surface area contributed by atoms with Crippen LogP contribution in [0.2, 0.25) is 0 Å². The highest BCUT2D eigenvalue weighted by Gasteiger charge is 2.29. The van der Waals surface area contributed by atoms with Crippen LogP contribution in [0.25, 0.3) is 0 Å². The largest absolute Gasteiger partial charge is 0.324 e. The van der Waals surface area contributed by atoms with Crippen LogP contribution in [0.1, 0.15) is 23.6 Å². The second-order valence-corrected chi connectivity index (χ2v) is 10.7. The number of aryl methyl sites for hydroxylation is 2. The highest BCUT2D eigenvalue weighted by molar-refractivity contribution is 7.98. The molecule has 168 valence electrons. The molecule has 0 unspecified atom stereocenters. The van der Waals surface area contributed by atoms with E-state index in [4.69, 9.17) is 0 Å². The predicted molar refractivity (Wildman–Crippen MR) is 134 cm³/mol. The van der Waals surface area contributed by atoms with Crippen molar-refractivity contribution in [1.82, 2.24) is 0 Å². The third-order valence-electron chi connectivity index (χ3n) is 5.07. The molecule has 0 spiro atoms. The maximum atomic E-state index is 13.0. The predicted octanol–water partition coefficient (Wildman–Crippen LogP) is 5.39. The standard InChI is InChI=1S/C25H28N2O3S2/c1-18-10-13-22(14-11-18)27(32(4,29)30)20(3)25(28)26-24-15-12-21(16-19(24)2)17-31-23-8-6-5-7-9-23/h5-16,20H,17H2,1-4H3,(H,26,28)/t20-/m1/s1. The highest BCUT2D eigenvalue weighted by atomic mass is 32.2. The van der Waals surface area contributed by atoms with Crippen molar-refractivity contribution in [3.8, 4) is 0 Å². The van der Waals surface area contributed by atoms with Gasteiger partial charge in [-0.25, -0.2) is 8.42 Å². The summed E-state index contributed by atoms with van der Waals surface area (Å²) in [6, 6.07) is 22.3. The van der Waals surface area contributed by atoms with Crippen LogP contribution in [0, 0.1) is 13.8 Å². The molecule has 0 heterocycles. The van der Waals surface area contributed by atoms with E-state index < -0.39 is 16.1 Å². The molecule has 1 atom stereocenters. The topological polar surface area (TPSA) is 66.5 Å². The van der Waals surface area contributed by atoms with E-state index >= 15 is 0 Å². The molecule has 3 aromatic rings. The number of sulfonamides is 1. The van der Waals surface area contributed by atoms with Gasteiger partial charge in [-0.2, -0.15) is 0 Å². The Labute approximate surface area is 194 Å². The number of amides is 1. The van der Waals surface area contributed by atoms with E-state index in [9.17, 15) is 13.2 Å². The molecule has 0 radical (unpaired) electrons. The van der Waals surface area contributed by atoms with Gasteiger partial charge >= 0.3 is 0 Å². The van der Waals surface area contributed by atoms with Crippen LogP contribution in [-0.4, -0.2) is 26.6 Å². The zero-order valence-electron chi connectivity index (χ0n) is 18.7. The summed E-state index contributed by atoms with van der Waals surface area (Å²) in [7, 11) is -3.65. The Kier molecular flexibility index (Phi) is 7.64. The third-order valence-corrected chi connectivity index (χ3v) is 7.40. The quantitative estimate of drug-likeness (QED) is 0.450. The first-order valence-corrected chi connectivity index (χ1v) is 13.1. The van der Waals surface area contributed by atoms with Crippen molar-refractivity contribution in [2.24, 2.45) is 0 Å². The summed E-state index contributed by atoms with van der Waals surface area (Å²) in [6.07, 6.45) is 1.11. The van der Waals surface area contributed by atoms with Crippen LogP contribution in [0.15, 0.2) is 77.7 Å². The Morgan fingerprint density at radius 3 is 2.25 bits per heavy atom. The monoisotopic (exact) mass is 468 g/mol. The van der Waals surface area contributed by atoms with Gasteiger partial charge in [0.05, 0.1) is 11.9 Å². The molecule has 5 nitrogen and oxygen atoms in total. The van der Waals surface area contributed by atoms with Gasteiger partial charge < -0.3 is 5.32 Å². The van der Waals surface area contributed by atoms with Crippen molar-refractivity contribution in [2.45, 2.75) is 37.5 Å². The number of carbonyl (C=O) groups excluding carboxylic acids is 1. The molecular formula is C25H28N2O3S2. The van der Waals surface area contributed by atoms with Gasteiger partial charge in [0.25, 0.3) is 0 Å². The van der Waals surface area contributed by atoms with Crippen LogP contribution in [-0.2, 0) is 20.6 Å². The molecule has 3 rings (SSSR count). The number of nitrogens with zero attached hydrogens (tertiary/aromatic N) is 1. The number of nitrogens with one attached hydrogen (secondary N) is 1. The van der Waals surface area contributed by atoms with Crippen LogP contribution in [0.5, 0.6) is 0 Å². The lowest BCUT2D eigenvalue weighted by Crippen LogP contribution is -2.45. The van der Waals surface area contributed by atoms with Crippen molar-refractivity contribution in [3.05, 3.63) is 89.5 Å². The van der Waals surface area contributed by atoms with E-state index in [-0.39, 0.29) is 5.91 Å². The smallest absolute Gasteiger partial charge is 0.248 e. The molecule has 0 aliphatic rings. The van der Waals surface area contributed by atoms with Crippen LogP contribution >= 0.6 is 11.8 Å². The van der Waals surface area contributed by atoms with Crippen LogP contribution in [0.4, 0.5) is 11.4 Å². The normalized spacial score (nSPS) is 12.2. The highest BCUT2D eigenvalue weighted by Crippen LogP contribution is 2.26. The molecule has 0 aliphatic carbocycles. The van der Waals surface area contributed by atoms with E-state index in [0.29, 0.717) is 11.4 Å². The maximum Gasteiger partial charge on any atom is 0.248 e. The second-order valence-electron chi connectivity index (χ2n) is 7.81. The first-order valence-electron chi connectivity index (χ1n) is 10.3. The average Bonchev–Trinajstić information content (AvgIpc) is 2.75. The Morgan fingerprint density at radius 1 is 1.00 bits per heavy atom. The first-order chi connectivity index (χ1) is 15.1. The number of carbonyl (C=O) groups is 1. The summed E-state index contributed by atoms with van der Waals surface area (Å²) >= 11 is 1.75. The van der Waals surface area contributed by atoms with Gasteiger partial charge in [-0.15, -0.1) is 11.8 Å². The van der Waals surface area contributed by atoms with Crippen molar-refractivity contribution in [1.29, 1.82) is 0 Å². The zero-order chi connectivity index (χ0) is 23.3. The number of hydrogen-bond donors (Lipinski definition) is 1. The van der Waals surface area contributed by atoms with Gasteiger partial charge in [0.15, 0.2) is 0 Å². The molecular weight excluding hydrogens is 440 g/mol. The minimum absolute atomic E-state index is 0.384. The van der Waals surface area contributed by atoms with E-state index in [1.165, 1.54) is 4.90 Å². The Morgan fingerprint density at radius 2 is 1.66 bits per heavy atom. The minimum Gasteiger partial charge on any atom is -0.324 e. The second kappa shape index (κ2) is 10.2. The van der Waals surface area contributed by atoms with E-state index in [1.54, 1.807) is 30.8 Å². The molecule has 32 heavy (non-hydrogen) atoms. The van der Waals surface area contributed by atoms with Crippen molar-refractivity contribution >= 4 is 39.1 Å². The molecule has 1 amide bonds. The van der Waals surface area contributed by atoms with E-state index in [2.05, 4.69) is 17.4 Å². The molecule has 0 aromatic heterocycles. The summed E-state index contributed by atoms with van der Waals surface area (Å²) in [5.74, 6) is 0.440. The number of benzene rings is 3. The van der Waals surface area contributed by atoms with Crippen molar-refractivity contribution in [2.75, 3.05) is 15.9 Å². The fourth-order valence-electron chi connectivity index (χ4n) is 3.38. The minimum atomic E-state index is -3.65. The fraction of sp³-hybridized carbons (Fsp3) is 0.240. The lowest BCUT2D eigenvalue weighted by Gasteiger charge is -2.28. The average molecular weight is 469 g/mol. The number of anilines is 2. The van der Waals surface area contributed by atoms with Gasteiger partial charge in [-0.3, -0.25) is 9.10 Å². The molecule has 1 N–H and O–H groups in total. The SMILES string of the molecule is Cc1ccc(N([C@H](C)C(=O)Nc2ccc(CSc3ccccc3)cc2C)S(C)(=O)=O)cc1. The Hall–Kier alpha value is -2.77. The molecule has 7 heteroatoms. The molecule has 0 bridgehead atoms. The van der Waals surface area contributed by atoms with Crippen molar-refractivity contribution in [3.63, 3.8) is 0 Å². The van der Waals surface area contributed by atoms with Crippen LogP contribution in [0.3, 0.4) is 0 Å². The maximum absolute atomic E-state index is 13.0. The summed E-state index contributed by atoms with van der Waals surface area (Å²) in [5.41, 5.74) is 4.23. The van der Waals surface area contributed by atoms with E-state index in [0.717, 1.165) is 33.0 Å². The summed E-state index contributed by atoms with van der Waals surface area (Å²) in [4.78, 5) is 14.2. The lowest BCUT2D eigenvalue weighted by atomic mass is 10.1. The van der Waals surface area contributed by atoms with Gasteiger partial charge in [-0.05, 0) is 62.2 Å². The third kappa shape index (κ3) is 6.14. The fourth-order valence-corrected chi connectivity index (χ4v) is 5.41. The van der Waals surface area contributed by atoms with E-state index in [1.807, 2.05) is 62.4 Å². The lowest BCUT2D eigenvalue weighted by molar-refractivity contribution is -0.116. The summed E-state index contributed by atoms with van der Waals surface area (Å²) in [6.45, 7) is 5.46. The number of hydrogen-bond acceptors (Lipinski definition) is 4. The molecule has 0 saturated carbocycles. The first kappa shape index (κ1) is 23.9. The number of thioether (sulfide) groups is 1. The Bertz CT molecular complexity index is 1180. The van der Waals surface area contributed by atoms with Gasteiger partial charge in [0.2, 0.25) is 15.9 Å². The molecule has 0 saturated heterocycles. The van der Waals surface area contributed by atoms with Crippen molar-refractivity contribution < 1.29 is 13.2 Å². The summed E-state index contributed by atoms with van der Waals surface area (Å²) < 4.78 is 26.1.